The maximum Gasteiger partial charge on any atom is 0.325 e. The molecule has 1 aromatic heterocycles. The maximum absolute atomic E-state index is 12.4. The van der Waals surface area contributed by atoms with Gasteiger partial charge in [0.05, 0.1) is 0 Å². The SMILES string of the molecule is O=C(CN1CCN(c2ccc(Cl)cc2)C1=O)NCc1ccncc1. The van der Waals surface area contributed by atoms with Gasteiger partial charge in [0.25, 0.3) is 0 Å². The smallest absolute Gasteiger partial charge is 0.325 e. The number of rotatable bonds is 5. The summed E-state index contributed by atoms with van der Waals surface area (Å²) in [7, 11) is 0. The highest BCUT2D eigenvalue weighted by molar-refractivity contribution is 6.30. The molecule has 3 rings (SSSR count). The van der Waals surface area contributed by atoms with E-state index in [1.54, 1.807) is 41.6 Å². The number of pyridine rings is 1. The molecule has 124 valence electrons. The Balaban J connectivity index is 1.53. The molecule has 24 heavy (non-hydrogen) atoms. The molecule has 0 bridgehead atoms. The van der Waals surface area contributed by atoms with Crippen LogP contribution in [0.3, 0.4) is 0 Å². The van der Waals surface area contributed by atoms with Crippen molar-refractivity contribution in [3.63, 3.8) is 0 Å². The highest BCUT2D eigenvalue weighted by Crippen LogP contribution is 2.22. The van der Waals surface area contributed by atoms with Crippen LogP contribution in [0.1, 0.15) is 5.56 Å². The zero-order valence-corrected chi connectivity index (χ0v) is 13.7. The second-order valence-corrected chi connectivity index (χ2v) is 5.90. The molecule has 0 unspecified atom stereocenters. The van der Waals surface area contributed by atoms with Crippen LogP contribution in [0.5, 0.6) is 0 Å². The van der Waals surface area contributed by atoms with E-state index in [2.05, 4.69) is 10.3 Å². The molecule has 1 aromatic carbocycles. The number of halogens is 1. The Morgan fingerprint density at radius 3 is 2.54 bits per heavy atom. The van der Waals surface area contributed by atoms with Gasteiger partial charge in [0.1, 0.15) is 6.54 Å². The van der Waals surface area contributed by atoms with Gasteiger partial charge in [0.15, 0.2) is 0 Å². The first kappa shape index (κ1) is 16.3. The highest BCUT2D eigenvalue weighted by Gasteiger charge is 2.30. The molecule has 0 radical (unpaired) electrons. The van der Waals surface area contributed by atoms with Crippen LogP contribution in [0.2, 0.25) is 5.02 Å². The van der Waals surface area contributed by atoms with Gasteiger partial charge in [0, 0.05) is 42.7 Å². The van der Waals surface area contributed by atoms with Gasteiger partial charge in [-0.3, -0.25) is 14.7 Å². The molecule has 0 saturated carbocycles. The molecule has 1 aliphatic rings. The Morgan fingerprint density at radius 1 is 1.12 bits per heavy atom. The lowest BCUT2D eigenvalue weighted by Crippen LogP contribution is -2.39. The Kier molecular flexibility index (Phi) is 4.96. The van der Waals surface area contributed by atoms with E-state index in [1.807, 2.05) is 12.1 Å². The van der Waals surface area contributed by atoms with Crippen molar-refractivity contribution in [3.05, 3.63) is 59.4 Å². The summed E-state index contributed by atoms with van der Waals surface area (Å²) < 4.78 is 0. The Morgan fingerprint density at radius 2 is 1.83 bits per heavy atom. The Labute approximate surface area is 145 Å². The fourth-order valence-electron chi connectivity index (χ4n) is 2.52. The summed E-state index contributed by atoms with van der Waals surface area (Å²) in [6.45, 7) is 1.54. The van der Waals surface area contributed by atoms with Crippen LogP contribution in [0.4, 0.5) is 10.5 Å². The molecule has 1 aliphatic heterocycles. The molecule has 0 atom stereocenters. The molecule has 6 nitrogen and oxygen atoms in total. The van der Waals surface area contributed by atoms with Crippen molar-refractivity contribution in [2.45, 2.75) is 6.54 Å². The molecular formula is C17H17ClN4O2. The summed E-state index contributed by atoms with van der Waals surface area (Å²) in [4.78, 5) is 31.6. The number of benzene rings is 1. The van der Waals surface area contributed by atoms with E-state index in [0.717, 1.165) is 11.3 Å². The van der Waals surface area contributed by atoms with E-state index in [-0.39, 0.29) is 18.5 Å². The third-order valence-electron chi connectivity index (χ3n) is 3.81. The molecule has 3 amide bonds. The van der Waals surface area contributed by atoms with Crippen LogP contribution in [0, 0.1) is 0 Å². The first-order chi connectivity index (χ1) is 11.6. The zero-order valence-electron chi connectivity index (χ0n) is 13.0. The van der Waals surface area contributed by atoms with Crippen LogP contribution in [0.15, 0.2) is 48.8 Å². The molecule has 2 aromatic rings. The standard InChI is InChI=1S/C17H17ClN4O2/c18-14-1-3-15(4-2-14)22-10-9-21(17(22)24)12-16(23)20-11-13-5-7-19-8-6-13/h1-8H,9-12H2,(H,20,23). The van der Waals surface area contributed by atoms with Gasteiger partial charge in [-0.15, -0.1) is 0 Å². The van der Waals surface area contributed by atoms with Gasteiger partial charge < -0.3 is 10.2 Å². The minimum absolute atomic E-state index is 0.0496. The van der Waals surface area contributed by atoms with Gasteiger partial charge in [-0.2, -0.15) is 0 Å². The number of aromatic nitrogens is 1. The van der Waals surface area contributed by atoms with Gasteiger partial charge >= 0.3 is 6.03 Å². The van der Waals surface area contributed by atoms with Crippen LogP contribution in [-0.2, 0) is 11.3 Å². The summed E-state index contributed by atoms with van der Waals surface area (Å²) in [5.74, 6) is -0.182. The molecule has 1 N–H and O–H groups in total. The zero-order chi connectivity index (χ0) is 16.9. The van der Waals surface area contributed by atoms with E-state index in [4.69, 9.17) is 11.6 Å². The number of amides is 3. The molecule has 1 fully saturated rings. The third kappa shape index (κ3) is 3.83. The second kappa shape index (κ2) is 7.31. The molecular weight excluding hydrogens is 328 g/mol. The van der Waals surface area contributed by atoms with Crippen molar-refractivity contribution in [3.8, 4) is 0 Å². The van der Waals surface area contributed by atoms with Crippen molar-refractivity contribution < 1.29 is 9.59 Å². The summed E-state index contributed by atoms with van der Waals surface area (Å²) in [6.07, 6.45) is 3.35. The summed E-state index contributed by atoms with van der Waals surface area (Å²) >= 11 is 5.87. The number of anilines is 1. The Hall–Kier alpha value is -2.60. The molecule has 0 spiro atoms. The highest BCUT2D eigenvalue weighted by atomic mass is 35.5. The van der Waals surface area contributed by atoms with Crippen LogP contribution < -0.4 is 10.2 Å². The number of nitrogens with one attached hydrogen (secondary N) is 1. The van der Waals surface area contributed by atoms with E-state index >= 15 is 0 Å². The number of urea groups is 1. The number of hydrogen-bond donors (Lipinski definition) is 1. The lowest BCUT2D eigenvalue weighted by Gasteiger charge is -2.18. The van der Waals surface area contributed by atoms with Gasteiger partial charge in [-0.1, -0.05) is 11.6 Å². The fourth-order valence-corrected chi connectivity index (χ4v) is 2.65. The average Bonchev–Trinajstić information content (AvgIpc) is 2.95. The summed E-state index contributed by atoms with van der Waals surface area (Å²) in [6, 6.07) is 10.6. The topological polar surface area (TPSA) is 65.5 Å². The lowest BCUT2D eigenvalue weighted by atomic mass is 10.3. The van der Waals surface area contributed by atoms with Gasteiger partial charge in [-0.25, -0.2) is 4.79 Å². The van der Waals surface area contributed by atoms with Crippen LogP contribution in [0.25, 0.3) is 0 Å². The first-order valence-corrected chi connectivity index (χ1v) is 7.99. The van der Waals surface area contributed by atoms with Crippen molar-refractivity contribution in [2.75, 3.05) is 24.5 Å². The fraction of sp³-hybridized carbons (Fsp3) is 0.235. The maximum atomic E-state index is 12.4. The average molecular weight is 345 g/mol. The van der Waals surface area contributed by atoms with Crippen molar-refractivity contribution in [1.29, 1.82) is 0 Å². The summed E-state index contributed by atoms with van der Waals surface area (Å²) in [5.41, 5.74) is 1.75. The molecule has 1 saturated heterocycles. The quantitative estimate of drug-likeness (QED) is 0.905. The van der Waals surface area contributed by atoms with Crippen LogP contribution >= 0.6 is 11.6 Å². The molecule has 7 heteroatoms. The van der Waals surface area contributed by atoms with Gasteiger partial charge in [0.2, 0.25) is 5.91 Å². The Bertz CT molecular complexity index is 721. The molecule has 0 aliphatic carbocycles. The van der Waals surface area contributed by atoms with E-state index in [9.17, 15) is 9.59 Å². The van der Waals surface area contributed by atoms with E-state index < -0.39 is 0 Å². The largest absolute Gasteiger partial charge is 0.350 e. The van der Waals surface area contributed by atoms with E-state index in [0.29, 0.717) is 24.7 Å². The lowest BCUT2D eigenvalue weighted by molar-refractivity contribution is -0.121. The van der Waals surface area contributed by atoms with Gasteiger partial charge in [-0.05, 0) is 42.0 Å². The number of carbonyl (C=O) groups excluding carboxylic acids is 2. The number of carbonyl (C=O) groups is 2. The number of nitrogens with zero attached hydrogens (tertiary/aromatic N) is 3. The van der Waals surface area contributed by atoms with Crippen LogP contribution in [-0.4, -0.2) is 41.5 Å². The minimum Gasteiger partial charge on any atom is -0.350 e. The monoisotopic (exact) mass is 344 g/mol. The third-order valence-corrected chi connectivity index (χ3v) is 4.06. The minimum atomic E-state index is -0.182. The second-order valence-electron chi connectivity index (χ2n) is 5.46. The van der Waals surface area contributed by atoms with E-state index in [1.165, 1.54) is 4.90 Å². The first-order valence-electron chi connectivity index (χ1n) is 7.61. The predicted molar refractivity (Wildman–Crippen MR) is 91.9 cm³/mol. The molecule has 2 heterocycles. The van der Waals surface area contributed by atoms with Crippen molar-refractivity contribution in [1.82, 2.24) is 15.2 Å². The number of hydrogen-bond acceptors (Lipinski definition) is 3. The normalized spacial score (nSPS) is 14.1. The predicted octanol–water partition coefficient (Wildman–Crippen LogP) is 2.29. The van der Waals surface area contributed by atoms with Crippen molar-refractivity contribution in [2.24, 2.45) is 0 Å². The summed E-state index contributed by atoms with van der Waals surface area (Å²) in [5, 5.41) is 3.43. The van der Waals surface area contributed by atoms with Crippen molar-refractivity contribution >= 4 is 29.2 Å².